The van der Waals surface area contributed by atoms with E-state index in [2.05, 4.69) is 0 Å². The molecule has 0 bridgehead atoms. The summed E-state index contributed by atoms with van der Waals surface area (Å²) in [4.78, 5) is 12.0. The SMILES string of the molecule is CN1C(=S)SC(/[N+]([O-])=C/c2ccc([N+](=O)[O-])cc2)C1(C)C. The highest BCUT2D eigenvalue weighted by molar-refractivity contribution is 8.23. The molecule has 1 unspecified atom stereocenters. The average Bonchev–Trinajstić information content (AvgIpc) is 2.63. The summed E-state index contributed by atoms with van der Waals surface area (Å²) in [6, 6.07) is 5.86. The van der Waals surface area contributed by atoms with Crippen LogP contribution in [0.1, 0.15) is 19.4 Å². The number of nitrogens with zero attached hydrogens (tertiary/aromatic N) is 3. The Morgan fingerprint density at radius 3 is 2.33 bits per heavy atom. The zero-order valence-corrected chi connectivity index (χ0v) is 13.5. The minimum atomic E-state index is -0.470. The maximum absolute atomic E-state index is 12.4. The van der Waals surface area contributed by atoms with Crippen LogP contribution in [0.2, 0.25) is 0 Å². The van der Waals surface area contributed by atoms with Gasteiger partial charge in [-0.05, 0) is 37.7 Å². The Labute approximate surface area is 132 Å². The molecule has 0 spiro atoms. The smallest absolute Gasteiger partial charge is 0.269 e. The van der Waals surface area contributed by atoms with Gasteiger partial charge in [-0.15, -0.1) is 0 Å². The molecule has 0 N–H and O–H groups in total. The molecule has 1 aromatic rings. The first-order chi connectivity index (χ1) is 9.73. The van der Waals surface area contributed by atoms with E-state index in [9.17, 15) is 15.3 Å². The third kappa shape index (κ3) is 3.01. The molecule has 1 saturated heterocycles. The summed E-state index contributed by atoms with van der Waals surface area (Å²) in [6.07, 6.45) is 1.44. The van der Waals surface area contributed by atoms with Gasteiger partial charge in [0.15, 0.2) is 6.21 Å². The molecule has 0 aliphatic carbocycles. The fourth-order valence-corrected chi connectivity index (χ4v) is 3.68. The lowest BCUT2D eigenvalue weighted by Gasteiger charge is -2.30. The average molecular weight is 325 g/mol. The number of hydrogen-bond donors (Lipinski definition) is 0. The molecule has 112 valence electrons. The van der Waals surface area contributed by atoms with Gasteiger partial charge < -0.3 is 10.1 Å². The minimum Gasteiger partial charge on any atom is -0.623 e. The zero-order chi connectivity index (χ0) is 15.8. The van der Waals surface area contributed by atoms with Crippen molar-refractivity contribution in [3.8, 4) is 0 Å². The van der Waals surface area contributed by atoms with E-state index < -0.39 is 4.92 Å². The quantitative estimate of drug-likeness (QED) is 0.212. The summed E-state index contributed by atoms with van der Waals surface area (Å²) in [5, 5.41) is 22.6. The Bertz CT molecular complexity index is 614. The van der Waals surface area contributed by atoms with Crippen LogP contribution in [-0.4, -0.2) is 43.1 Å². The third-order valence-electron chi connectivity index (χ3n) is 3.57. The number of non-ortho nitro benzene ring substituents is 1. The molecule has 21 heavy (non-hydrogen) atoms. The first-order valence-electron chi connectivity index (χ1n) is 6.22. The maximum atomic E-state index is 12.4. The summed E-state index contributed by atoms with van der Waals surface area (Å²) < 4.78 is 1.55. The van der Waals surface area contributed by atoms with Gasteiger partial charge in [0, 0.05) is 24.7 Å². The number of likely N-dealkylation sites (N-methyl/N-ethyl adjacent to an activating group) is 1. The number of hydrogen-bond acceptors (Lipinski definition) is 5. The molecule has 0 amide bonds. The maximum Gasteiger partial charge on any atom is 0.269 e. The van der Waals surface area contributed by atoms with Gasteiger partial charge in [-0.25, -0.2) is 0 Å². The van der Waals surface area contributed by atoms with Crippen molar-refractivity contribution in [2.45, 2.75) is 24.8 Å². The van der Waals surface area contributed by atoms with Crippen LogP contribution in [-0.2, 0) is 0 Å². The van der Waals surface area contributed by atoms with E-state index in [-0.39, 0.29) is 16.6 Å². The van der Waals surface area contributed by atoms with Crippen LogP contribution in [0.15, 0.2) is 24.3 Å². The van der Waals surface area contributed by atoms with Gasteiger partial charge in [0.25, 0.3) is 5.69 Å². The molecular formula is C13H15N3O3S2. The summed E-state index contributed by atoms with van der Waals surface area (Å²) in [7, 11) is 1.87. The Morgan fingerprint density at radius 2 is 1.90 bits per heavy atom. The molecule has 6 nitrogen and oxygen atoms in total. The molecule has 0 aromatic heterocycles. The van der Waals surface area contributed by atoms with Crippen LogP contribution in [0.5, 0.6) is 0 Å². The first kappa shape index (κ1) is 15.7. The normalized spacial score (nSPS) is 21.7. The second-order valence-electron chi connectivity index (χ2n) is 5.29. The van der Waals surface area contributed by atoms with E-state index in [0.717, 1.165) is 4.74 Å². The molecule has 0 radical (unpaired) electrons. The van der Waals surface area contributed by atoms with Crippen molar-refractivity contribution in [2.75, 3.05) is 7.05 Å². The number of rotatable bonds is 3. The highest BCUT2D eigenvalue weighted by Crippen LogP contribution is 2.38. The predicted octanol–water partition coefficient (Wildman–Crippen LogP) is 2.59. The summed E-state index contributed by atoms with van der Waals surface area (Å²) in [5.41, 5.74) is 0.231. The highest BCUT2D eigenvalue weighted by Gasteiger charge is 2.48. The Kier molecular flexibility index (Phi) is 4.20. The molecule has 1 atom stereocenters. The summed E-state index contributed by atoms with van der Waals surface area (Å²) in [6.45, 7) is 3.91. The lowest BCUT2D eigenvalue weighted by atomic mass is 10.0. The summed E-state index contributed by atoms with van der Waals surface area (Å²) in [5.74, 6) is 0. The van der Waals surface area contributed by atoms with Crippen molar-refractivity contribution in [3.05, 3.63) is 45.2 Å². The largest absolute Gasteiger partial charge is 0.623 e. The van der Waals surface area contributed by atoms with Gasteiger partial charge in [-0.3, -0.25) is 10.1 Å². The Morgan fingerprint density at radius 1 is 1.33 bits per heavy atom. The molecule has 1 heterocycles. The number of benzene rings is 1. The van der Waals surface area contributed by atoms with Crippen LogP contribution in [0.25, 0.3) is 0 Å². The lowest BCUT2D eigenvalue weighted by Crippen LogP contribution is -2.47. The predicted molar refractivity (Wildman–Crippen MR) is 87.7 cm³/mol. The fraction of sp³-hybridized carbons (Fsp3) is 0.385. The Balaban J connectivity index is 2.25. The number of hydroxylamine groups is 1. The molecule has 1 fully saturated rings. The monoisotopic (exact) mass is 325 g/mol. The van der Waals surface area contributed by atoms with Crippen molar-refractivity contribution in [2.24, 2.45) is 0 Å². The van der Waals surface area contributed by atoms with E-state index in [0.29, 0.717) is 9.88 Å². The van der Waals surface area contributed by atoms with Gasteiger partial charge in [0.1, 0.15) is 9.86 Å². The van der Waals surface area contributed by atoms with Crippen molar-refractivity contribution in [1.82, 2.24) is 4.90 Å². The van der Waals surface area contributed by atoms with Gasteiger partial charge in [-0.1, -0.05) is 12.2 Å². The van der Waals surface area contributed by atoms with E-state index in [1.54, 1.807) is 12.1 Å². The van der Waals surface area contributed by atoms with Gasteiger partial charge in [0.05, 0.1) is 4.92 Å². The van der Waals surface area contributed by atoms with Gasteiger partial charge in [-0.2, -0.15) is 4.74 Å². The highest BCUT2D eigenvalue weighted by atomic mass is 32.2. The second-order valence-corrected chi connectivity index (χ2v) is 7.00. The zero-order valence-electron chi connectivity index (χ0n) is 11.8. The molecule has 1 aromatic carbocycles. The first-order valence-corrected chi connectivity index (χ1v) is 7.51. The van der Waals surface area contributed by atoms with Crippen molar-refractivity contribution < 1.29 is 9.66 Å². The minimum absolute atomic E-state index is 0.00100. The number of nitro benzene ring substituents is 1. The molecule has 1 aliphatic heterocycles. The summed E-state index contributed by atoms with van der Waals surface area (Å²) >= 11 is 6.58. The van der Waals surface area contributed by atoms with Crippen LogP contribution < -0.4 is 0 Å². The number of thioether (sulfide) groups is 1. The molecule has 8 heteroatoms. The van der Waals surface area contributed by atoms with Crippen LogP contribution in [0.3, 0.4) is 0 Å². The molecule has 0 saturated carbocycles. The fourth-order valence-electron chi connectivity index (χ4n) is 1.98. The second kappa shape index (κ2) is 5.61. The van der Waals surface area contributed by atoms with Crippen molar-refractivity contribution in [3.63, 3.8) is 0 Å². The standard InChI is InChI=1S/C13H15N3O3S2/c1-13(2)11(21-12(20)14(13)3)15(17)8-9-4-6-10(7-5-9)16(18)19/h4-8,11H,1-3H3/b15-8-. The van der Waals surface area contributed by atoms with E-state index in [1.165, 1.54) is 30.1 Å². The van der Waals surface area contributed by atoms with E-state index in [4.69, 9.17) is 12.2 Å². The topological polar surface area (TPSA) is 72.5 Å². The molecular weight excluding hydrogens is 310 g/mol. The van der Waals surface area contributed by atoms with E-state index in [1.807, 2.05) is 25.8 Å². The molecule has 1 aliphatic rings. The van der Waals surface area contributed by atoms with Crippen LogP contribution in [0, 0.1) is 15.3 Å². The van der Waals surface area contributed by atoms with Crippen molar-refractivity contribution in [1.29, 1.82) is 0 Å². The number of nitro groups is 1. The van der Waals surface area contributed by atoms with Crippen LogP contribution >= 0.6 is 24.0 Å². The van der Waals surface area contributed by atoms with Crippen molar-refractivity contribution >= 4 is 40.2 Å². The lowest BCUT2D eigenvalue weighted by molar-refractivity contribution is -0.480. The van der Waals surface area contributed by atoms with Gasteiger partial charge in [0.2, 0.25) is 5.37 Å². The number of thiocarbonyl (C=S) groups is 1. The van der Waals surface area contributed by atoms with Crippen LogP contribution in [0.4, 0.5) is 5.69 Å². The molecule has 2 rings (SSSR count). The third-order valence-corrected chi connectivity index (χ3v) is 5.61. The van der Waals surface area contributed by atoms with E-state index >= 15 is 0 Å². The Hall–Kier alpha value is -1.67. The van der Waals surface area contributed by atoms with Gasteiger partial charge >= 0.3 is 0 Å².